The minimum Gasteiger partial charge on any atom is -0.369 e. The van der Waals surface area contributed by atoms with Gasteiger partial charge in [0, 0.05) is 37.4 Å². The van der Waals surface area contributed by atoms with Gasteiger partial charge < -0.3 is 10.2 Å². The number of carbonyl (C=O) groups is 1. The van der Waals surface area contributed by atoms with Crippen LogP contribution in [0.4, 0.5) is 5.69 Å². The van der Waals surface area contributed by atoms with Crippen LogP contribution in [0.15, 0.2) is 48.5 Å². The van der Waals surface area contributed by atoms with E-state index >= 15 is 0 Å². The monoisotopic (exact) mass is 421 g/mol. The van der Waals surface area contributed by atoms with Gasteiger partial charge in [-0.3, -0.25) is 9.69 Å². The molecule has 1 aliphatic heterocycles. The Kier molecular flexibility index (Phi) is 7.23. The second-order valence-electron chi connectivity index (χ2n) is 10.0. The van der Waals surface area contributed by atoms with Gasteiger partial charge in [0.05, 0.1) is 5.54 Å². The quantitative estimate of drug-likeness (QED) is 0.667. The van der Waals surface area contributed by atoms with Crippen LogP contribution >= 0.6 is 0 Å². The fraction of sp³-hybridized carbons (Fsp3) is 0.519. The number of likely N-dealkylation sites (N-methyl/N-ethyl adjacent to an activating group) is 1. The number of rotatable bonds is 7. The number of carbonyl (C=O) groups excluding carboxylic acids is 1. The summed E-state index contributed by atoms with van der Waals surface area (Å²) in [6.07, 6.45) is 1.47. The molecule has 0 spiro atoms. The van der Waals surface area contributed by atoms with Crippen LogP contribution in [0.3, 0.4) is 0 Å². The highest BCUT2D eigenvalue weighted by atomic mass is 16.1. The molecule has 1 N–H and O–H groups in total. The molecule has 168 valence electrons. The van der Waals surface area contributed by atoms with E-state index in [1.54, 1.807) is 0 Å². The summed E-state index contributed by atoms with van der Waals surface area (Å²) >= 11 is 0. The molecule has 0 saturated carbocycles. The molecule has 4 nitrogen and oxygen atoms in total. The van der Waals surface area contributed by atoms with Gasteiger partial charge in [0.25, 0.3) is 0 Å². The van der Waals surface area contributed by atoms with Crippen molar-refractivity contribution in [3.05, 3.63) is 65.2 Å². The normalized spacial score (nSPS) is 16.9. The SMILES string of the molecule is CCC(Cc1ccc(C(C)(C)C)cc1)(C(=O)c1ccc(N2CCNCC2)cc1)N(C)C. The first-order valence-corrected chi connectivity index (χ1v) is 11.5. The maximum atomic E-state index is 13.8. The van der Waals surface area contributed by atoms with Crippen molar-refractivity contribution in [2.45, 2.75) is 51.5 Å². The van der Waals surface area contributed by atoms with Gasteiger partial charge >= 0.3 is 0 Å². The third kappa shape index (κ3) is 5.19. The van der Waals surface area contributed by atoms with Crippen molar-refractivity contribution in [2.24, 2.45) is 0 Å². The van der Waals surface area contributed by atoms with Crippen molar-refractivity contribution in [1.82, 2.24) is 10.2 Å². The standard InChI is InChI=1S/C27H39N3O/c1-7-27(29(5)6,20-21-8-12-23(13-9-21)26(2,3)4)25(31)22-10-14-24(15-11-22)30-18-16-28-17-19-30/h8-15,28H,7,16-20H2,1-6H3. The highest BCUT2D eigenvalue weighted by molar-refractivity contribution is 6.03. The Balaban J connectivity index is 1.84. The molecule has 3 rings (SSSR count). The van der Waals surface area contributed by atoms with Gasteiger partial charge in [-0.25, -0.2) is 0 Å². The first-order chi connectivity index (χ1) is 14.7. The van der Waals surface area contributed by atoms with E-state index in [0.29, 0.717) is 6.42 Å². The number of ketones is 1. The molecule has 0 radical (unpaired) electrons. The predicted molar refractivity (Wildman–Crippen MR) is 131 cm³/mol. The van der Waals surface area contributed by atoms with Gasteiger partial charge in [-0.2, -0.15) is 0 Å². The smallest absolute Gasteiger partial charge is 0.183 e. The molecular weight excluding hydrogens is 382 g/mol. The minimum atomic E-state index is -0.556. The van der Waals surface area contributed by atoms with E-state index in [-0.39, 0.29) is 11.2 Å². The number of piperazine rings is 1. The van der Waals surface area contributed by atoms with E-state index in [0.717, 1.165) is 38.2 Å². The molecule has 2 aromatic carbocycles. The molecule has 2 aromatic rings. The lowest BCUT2D eigenvalue weighted by Gasteiger charge is -2.38. The third-order valence-corrected chi connectivity index (χ3v) is 6.79. The fourth-order valence-corrected chi connectivity index (χ4v) is 4.52. The number of nitrogens with zero attached hydrogens (tertiary/aromatic N) is 2. The Bertz CT molecular complexity index is 859. The van der Waals surface area contributed by atoms with Gasteiger partial charge in [0.1, 0.15) is 0 Å². The predicted octanol–water partition coefficient (Wildman–Crippen LogP) is 4.53. The summed E-state index contributed by atoms with van der Waals surface area (Å²) < 4.78 is 0. The number of Topliss-reactive ketones (excluding diaryl/α,β-unsaturated/α-hetero) is 1. The Morgan fingerprint density at radius 3 is 2.03 bits per heavy atom. The van der Waals surface area contributed by atoms with Gasteiger partial charge in [-0.1, -0.05) is 52.0 Å². The molecule has 4 heteroatoms. The van der Waals surface area contributed by atoms with E-state index in [9.17, 15) is 4.79 Å². The van der Waals surface area contributed by atoms with Gasteiger partial charge in [0.2, 0.25) is 0 Å². The molecule has 0 bridgehead atoms. The Labute approximate surface area is 188 Å². The van der Waals surface area contributed by atoms with Crippen LogP contribution in [-0.2, 0) is 11.8 Å². The number of benzene rings is 2. The molecule has 1 saturated heterocycles. The molecule has 31 heavy (non-hydrogen) atoms. The third-order valence-electron chi connectivity index (χ3n) is 6.79. The topological polar surface area (TPSA) is 35.6 Å². The van der Waals surface area contributed by atoms with Crippen LogP contribution in [0.2, 0.25) is 0 Å². The van der Waals surface area contributed by atoms with E-state index in [4.69, 9.17) is 0 Å². The van der Waals surface area contributed by atoms with E-state index in [2.05, 4.69) is 79.2 Å². The lowest BCUT2D eigenvalue weighted by atomic mass is 9.79. The van der Waals surface area contributed by atoms with Crippen LogP contribution in [0, 0.1) is 0 Å². The van der Waals surface area contributed by atoms with Gasteiger partial charge in [-0.05, 0) is 67.7 Å². The summed E-state index contributed by atoms with van der Waals surface area (Å²) in [6.45, 7) is 12.8. The van der Waals surface area contributed by atoms with Crippen LogP contribution in [0.25, 0.3) is 0 Å². The number of hydrogen-bond acceptors (Lipinski definition) is 4. The summed E-state index contributed by atoms with van der Waals surface area (Å²) in [5.41, 5.74) is 4.08. The molecule has 1 unspecified atom stereocenters. The van der Waals surface area contributed by atoms with Crippen LogP contribution in [-0.4, -0.2) is 56.5 Å². The lowest BCUT2D eigenvalue weighted by Crippen LogP contribution is -2.52. The van der Waals surface area contributed by atoms with Crippen LogP contribution in [0.1, 0.15) is 55.6 Å². The fourth-order valence-electron chi connectivity index (χ4n) is 4.52. The zero-order valence-electron chi connectivity index (χ0n) is 20.2. The lowest BCUT2D eigenvalue weighted by molar-refractivity contribution is 0.0666. The first kappa shape index (κ1) is 23.5. The second kappa shape index (κ2) is 9.54. The Morgan fingerprint density at radius 2 is 1.55 bits per heavy atom. The highest BCUT2D eigenvalue weighted by Gasteiger charge is 2.39. The van der Waals surface area contributed by atoms with Gasteiger partial charge in [0.15, 0.2) is 5.78 Å². The Hall–Kier alpha value is -2.17. The number of hydrogen-bond donors (Lipinski definition) is 1. The van der Waals surface area contributed by atoms with Crippen molar-refractivity contribution in [1.29, 1.82) is 0 Å². The zero-order chi connectivity index (χ0) is 22.6. The summed E-state index contributed by atoms with van der Waals surface area (Å²) in [7, 11) is 4.06. The maximum absolute atomic E-state index is 13.8. The van der Waals surface area contributed by atoms with E-state index < -0.39 is 5.54 Å². The molecule has 0 amide bonds. The minimum absolute atomic E-state index is 0.129. The molecule has 1 fully saturated rings. The van der Waals surface area contributed by atoms with Crippen molar-refractivity contribution in [3.8, 4) is 0 Å². The molecule has 1 heterocycles. The first-order valence-electron chi connectivity index (χ1n) is 11.5. The summed E-state index contributed by atoms with van der Waals surface area (Å²) in [6, 6.07) is 17.0. The largest absolute Gasteiger partial charge is 0.369 e. The second-order valence-corrected chi connectivity index (χ2v) is 10.0. The average molecular weight is 422 g/mol. The Morgan fingerprint density at radius 1 is 0.968 bits per heavy atom. The van der Waals surface area contributed by atoms with Gasteiger partial charge in [-0.15, -0.1) is 0 Å². The van der Waals surface area contributed by atoms with Crippen molar-refractivity contribution in [2.75, 3.05) is 45.2 Å². The van der Waals surface area contributed by atoms with E-state index in [1.807, 2.05) is 26.2 Å². The summed E-state index contributed by atoms with van der Waals surface area (Å²) in [5, 5.41) is 3.39. The molecular formula is C27H39N3O. The van der Waals surface area contributed by atoms with Crippen LogP contribution in [0.5, 0.6) is 0 Å². The average Bonchev–Trinajstić information content (AvgIpc) is 2.77. The molecule has 0 aliphatic carbocycles. The molecule has 0 aromatic heterocycles. The van der Waals surface area contributed by atoms with Crippen molar-refractivity contribution in [3.63, 3.8) is 0 Å². The number of nitrogens with one attached hydrogen (secondary N) is 1. The van der Waals surface area contributed by atoms with Crippen molar-refractivity contribution < 1.29 is 4.79 Å². The highest BCUT2D eigenvalue weighted by Crippen LogP contribution is 2.30. The zero-order valence-corrected chi connectivity index (χ0v) is 20.2. The summed E-state index contributed by atoms with van der Waals surface area (Å²) in [4.78, 5) is 18.3. The molecule has 1 atom stereocenters. The molecule has 1 aliphatic rings. The van der Waals surface area contributed by atoms with Crippen molar-refractivity contribution >= 4 is 11.5 Å². The van der Waals surface area contributed by atoms with Crippen LogP contribution < -0.4 is 10.2 Å². The van der Waals surface area contributed by atoms with E-state index in [1.165, 1.54) is 16.8 Å². The maximum Gasteiger partial charge on any atom is 0.183 e. The summed E-state index contributed by atoms with van der Waals surface area (Å²) in [5.74, 6) is 0.201. The number of anilines is 1.